The van der Waals surface area contributed by atoms with Gasteiger partial charge in [0.2, 0.25) is 5.91 Å². The van der Waals surface area contributed by atoms with Crippen LogP contribution in [0, 0.1) is 19.7 Å². The van der Waals surface area contributed by atoms with Crippen molar-refractivity contribution in [3.63, 3.8) is 0 Å². The lowest BCUT2D eigenvalue weighted by Crippen LogP contribution is -2.33. The Bertz CT molecular complexity index is 1590. The van der Waals surface area contributed by atoms with Crippen molar-refractivity contribution in [3.8, 4) is 5.69 Å². The van der Waals surface area contributed by atoms with Crippen molar-refractivity contribution in [2.24, 2.45) is 0 Å². The number of carbonyl (C=O) groups excluding carboxylic acids is 1. The lowest BCUT2D eigenvalue weighted by atomic mass is 9.96. The second kappa shape index (κ2) is 11.3. The van der Waals surface area contributed by atoms with Crippen LogP contribution < -0.4 is 10.6 Å². The number of para-hydroxylation sites is 1. The fraction of sp³-hybridized carbons (Fsp3) is 0.233. The predicted octanol–water partition coefficient (Wildman–Crippen LogP) is 6.65. The largest absolute Gasteiger partial charge is 0.416 e. The molecule has 212 valence electrons. The molecular formula is C30H27F4N5OS. The first-order valence-corrected chi connectivity index (χ1v) is 13.3. The third kappa shape index (κ3) is 5.81. The molecule has 4 aromatic rings. The Kier molecular flexibility index (Phi) is 7.81. The number of rotatable bonds is 7. The highest BCUT2D eigenvalue weighted by molar-refractivity contribution is 7.80. The average Bonchev–Trinajstić information content (AvgIpc) is 3.43. The van der Waals surface area contributed by atoms with E-state index in [9.17, 15) is 22.4 Å². The van der Waals surface area contributed by atoms with Crippen LogP contribution >= 0.6 is 12.2 Å². The van der Waals surface area contributed by atoms with Gasteiger partial charge in [0, 0.05) is 36.2 Å². The first-order chi connectivity index (χ1) is 19.5. The Balaban J connectivity index is 1.49. The number of hydrogen-bond acceptors (Lipinski definition) is 3. The number of alkyl halides is 3. The van der Waals surface area contributed by atoms with E-state index < -0.39 is 23.6 Å². The molecule has 11 heteroatoms. The third-order valence-electron chi connectivity index (χ3n) is 7.15. The zero-order chi connectivity index (χ0) is 29.3. The van der Waals surface area contributed by atoms with Gasteiger partial charge in [-0.25, -0.2) is 4.39 Å². The molecule has 41 heavy (non-hydrogen) atoms. The number of hydrogen-bond donors (Lipinski definition) is 2. The van der Waals surface area contributed by atoms with Gasteiger partial charge in [-0.15, -0.1) is 0 Å². The van der Waals surface area contributed by atoms with Crippen LogP contribution in [0.1, 0.15) is 46.7 Å². The van der Waals surface area contributed by atoms with E-state index in [2.05, 4.69) is 15.6 Å². The van der Waals surface area contributed by atoms with Gasteiger partial charge in [0.25, 0.3) is 0 Å². The maximum Gasteiger partial charge on any atom is 0.416 e. The zero-order valence-corrected chi connectivity index (χ0v) is 23.1. The van der Waals surface area contributed by atoms with Gasteiger partial charge >= 0.3 is 6.18 Å². The quantitative estimate of drug-likeness (QED) is 0.189. The number of aromatic nitrogens is 2. The van der Waals surface area contributed by atoms with E-state index in [1.807, 2.05) is 36.9 Å². The summed E-state index contributed by atoms with van der Waals surface area (Å²) in [4.78, 5) is 19.2. The minimum Gasteiger partial charge on any atom is -0.352 e. The summed E-state index contributed by atoms with van der Waals surface area (Å²) in [5, 5.41) is 6.33. The topological polar surface area (TPSA) is 62.2 Å². The van der Waals surface area contributed by atoms with Gasteiger partial charge in [-0.3, -0.25) is 9.78 Å². The van der Waals surface area contributed by atoms with E-state index in [1.54, 1.807) is 29.0 Å². The number of thiocarbonyl (C=S) groups is 1. The molecule has 1 fully saturated rings. The van der Waals surface area contributed by atoms with Gasteiger partial charge in [0.1, 0.15) is 5.82 Å². The van der Waals surface area contributed by atoms with Crippen LogP contribution in [-0.2, 0) is 11.0 Å². The summed E-state index contributed by atoms with van der Waals surface area (Å²) in [5.41, 5.74) is 2.78. The molecule has 5 rings (SSSR count). The minimum atomic E-state index is -4.47. The van der Waals surface area contributed by atoms with Crippen molar-refractivity contribution in [1.82, 2.24) is 19.8 Å². The predicted molar refractivity (Wildman–Crippen MR) is 152 cm³/mol. The van der Waals surface area contributed by atoms with Gasteiger partial charge in [0.05, 0.1) is 29.0 Å². The highest BCUT2D eigenvalue weighted by Gasteiger charge is 2.41. The third-order valence-corrected chi connectivity index (χ3v) is 7.50. The molecule has 2 atom stereocenters. The Morgan fingerprint density at radius 2 is 1.80 bits per heavy atom. The lowest BCUT2D eigenvalue weighted by Gasteiger charge is -2.28. The summed E-state index contributed by atoms with van der Waals surface area (Å²) >= 11 is 5.70. The van der Waals surface area contributed by atoms with Gasteiger partial charge in [-0.05, 0) is 80.2 Å². The maximum atomic E-state index is 14.1. The highest BCUT2D eigenvalue weighted by Crippen LogP contribution is 2.42. The normalized spacial score (nSPS) is 17.0. The molecule has 0 aliphatic carbocycles. The van der Waals surface area contributed by atoms with Crippen LogP contribution in [0.25, 0.3) is 5.69 Å². The number of aryl methyl sites for hydroxylation is 1. The maximum absolute atomic E-state index is 14.1. The average molecular weight is 582 g/mol. The van der Waals surface area contributed by atoms with Crippen LogP contribution in [0.4, 0.5) is 23.2 Å². The number of halogens is 4. The standard InChI is InChI=1S/C30H27F4N5OS/c1-18-16-22(19(2)39(18)21-9-7-8-20(17-21)30(32,33)34)28-27(25-12-5-6-14-35-25)37-29(41)38(28)15-13-26(40)36-24-11-4-3-10-23(24)31/h3-12,14,16-17,27-28H,13,15H2,1-2H3,(H,36,40)(H,37,41)/t27-,28+/m1/s1. The molecule has 0 unspecified atom stereocenters. The summed E-state index contributed by atoms with van der Waals surface area (Å²) in [6.45, 7) is 3.90. The van der Waals surface area contributed by atoms with Gasteiger partial charge < -0.3 is 20.1 Å². The molecule has 1 aliphatic heterocycles. The second-order valence-corrected chi connectivity index (χ2v) is 10.2. The summed E-state index contributed by atoms with van der Waals surface area (Å²) in [6.07, 6.45) is -2.78. The molecule has 6 nitrogen and oxygen atoms in total. The number of nitrogens with zero attached hydrogens (tertiary/aromatic N) is 3. The number of benzene rings is 2. The van der Waals surface area contributed by atoms with E-state index in [0.717, 1.165) is 34.8 Å². The second-order valence-electron chi connectivity index (χ2n) is 9.81. The highest BCUT2D eigenvalue weighted by atomic mass is 32.1. The number of anilines is 1. The molecule has 2 aromatic heterocycles. The van der Waals surface area contributed by atoms with Gasteiger partial charge in [-0.1, -0.05) is 24.3 Å². The monoisotopic (exact) mass is 581 g/mol. The lowest BCUT2D eigenvalue weighted by molar-refractivity contribution is -0.137. The molecule has 3 heterocycles. The Morgan fingerprint density at radius 3 is 2.51 bits per heavy atom. The van der Waals surface area contributed by atoms with Crippen molar-refractivity contribution in [1.29, 1.82) is 0 Å². The smallest absolute Gasteiger partial charge is 0.352 e. The van der Waals surface area contributed by atoms with E-state index in [4.69, 9.17) is 12.2 Å². The van der Waals surface area contributed by atoms with Crippen molar-refractivity contribution in [2.45, 2.75) is 38.5 Å². The summed E-state index contributed by atoms with van der Waals surface area (Å²) in [5.74, 6) is -0.915. The van der Waals surface area contributed by atoms with Crippen LogP contribution in [0.2, 0.25) is 0 Å². The van der Waals surface area contributed by atoms with Crippen LogP contribution in [0.15, 0.2) is 79.0 Å². The molecule has 2 aromatic carbocycles. The Morgan fingerprint density at radius 1 is 1.05 bits per heavy atom. The van der Waals surface area contributed by atoms with E-state index in [0.29, 0.717) is 10.8 Å². The number of pyridine rings is 1. The van der Waals surface area contributed by atoms with E-state index >= 15 is 0 Å². The fourth-order valence-electron chi connectivity index (χ4n) is 5.29. The van der Waals surface area contributed by atoms with Crippen LogP contribution in [0.3, 0.4) is 0 Å². The molecule has 2 N–H and O–H groups in total. The molecule has 0 saturated carbocycles. The fourth-order valence-corrected chi connectivity index (χ4v) is 5.62. The number of amides is 1. The van der Waals surface area contributed by atoms with Gasteiger partial charge in [-0.2, -0.15) is 13.2 Å². The van der Waals surface area contributed by atoms with Crippen molar-refractivity contribution >= 4 is 28.9 Å². The molecular weight excluding hydrogens is 554 g/mol. The summed E-state index contributed by atoms with van der Waals surface area (Å²) in [7, 11) is 0. The van der Waals surface area contributed by atoms with Crippen molar-refractivity contribution in [2.75, 3.05) is 11.9 Å². The number of nitrogens with one attached hydrogen (secondary N) is 2. The Hall–Kier alpha value is -4.25. The first-order valence-electron chi connectivity index (χ1n) is 12.9. The SMILES string of the molecule is Cc1cc([C@H]2[C@@H](c3ccccn3)NC(=S)N2CCC(=O)Nc2ccccc2F)c(C)n1-c1cccc(C(F)(F)F)c1. The molecule has 1 amide bonds. The van der Waals surface area contributed by atoms with E-state index in [-0.39, 0.29) is 30.6 Å². The first kappa shape index (κ1) is 28.3. The molecule has 0 bridgehead atoms. The minimum absolute atomic E-state index is 0.0218. The van der Waals surface area contributed by atoms with Gasteiger partial charge in [0.15, 0.2) is 5.11 Å². The molecule has 0 spiro atoms. The number of carbonyl (C=O) groups is 1. The molecule has 1 aliphatic rings. The van der Waals surface area contributed by atoms with Crippen LogP contribution in [0.5, 0.6) is 0 Å². The molecule has 1 saturated heterocycles. The summed E-state index contributed by atoms with van der Waals surface area (Å²) < 4.78 is 56.3. The molecule has 0 radical (unpaired) electrons. The van der Waals surface area contributed by atoms with E-state index in [1.165, 1.54) is 24.3 Å². The zero-order valence-electron chi connectivity index (χ0n) is 22.2. The van der Waals surface area contributed by atoms with Crippen molar-refractivity contribution in [3.05, 3.63) is 113 Å². The summed E-state index contributed by atoms with van der Waals surface area (Å²) in [6, 6.07) is 17.8. The van der Waals surface area contributed by atoms with Crippen molar-refractivity contribution < 1.29 is 22.4 Å². The Labute approximate surface area is 240 Å². The van der Waals surface area contributed by atoms with Crippen LogP contribution in [-0.4, -0.2) is 32.0 Å².